The number of phenols is 1. The van der Waals surface area contributed by atoms with Gasteiger partial charge in [0.05, 0.1) is 8.48 Å². The Morgan fingerprint density at radius 1 is 1.22 bits per heavy atom. The molecule has 27 heavy (non-hydrogen) atoms. The Bertz CT molecular complexity index is 957. The van der Waals surface area contributed by atoms with Crippen LogP contribution in [0.3, 0.4) is 0 Å². The van der Waals surface area contributed by atoms with Crippen LogP contribution in [0.25, 0.3) is 6.08 Å². The molecule has 0 bridgehead atoms. The minimum absolute atomic E-state index is 0.147. The van der Waals surface area contributed by atoms with Crippen molar-refractivity contribution < 1.29 is 19.5 Å². The monoisotopic (exact) mass is 494 g/mol. The lowest BCUT2D eigenvalue weighted by Crippen LogP contribution is -2.36. The normalized spacial score (nSPS) is 15.5. The SMILES string of the molecule is Cc1ccc(NC(=O)CN2C(=O)SC(=Cc3ccc(O)c(I)c3)C2=O)cc1. The zero-order chi connectivity index (χ0) is 19.6. The van der Waals surface area contributed by atoms with Crippen molar-refractivity contribution in [3.63, 3.8) is 0 Å². The third-order valence-electron chi connectivity index (χ3n) is 3.78. The maximum absolute atomic E-state index is 12.5. The van der Waals surface area contributed by atoms with E-state index in [-0.39, 0.29) is 17.2 Å². The maximum Gasteiger partial charge on any atom is 0.294 e. The highest BCUT2D eigenvalue weighted by Crippen LogP contribution is 2.33. The molecule has 0 spiro atoms. The fourth-order valence-corrected chi connectivity index (χ4v) is 3.76. The highest BCUT2D eigenvalue weighted by Gasteiger charge is 2.36. The van der Waals surface area contributed by atoms with Crippen molar-refractivity contribution in [3.8, 4) is 5.75 Å². The summed E-state index contributed by atoms with van der Waals surface area (Å²) in [6.07, 6.45) is 1.57. The predicted octanol–water partition coefficient (Wildman–Crippen LogP) is 3.98. The lowest BCUT2D eigenvalue weighted by molar-refractivity contribution is -0.127. The van der Waals surface area contributed by atoms with Gasteiger partial charge in [0.25, 0.3) is 11.1 Å². The van der Waals surface area contributed by atoms with E-state index < -0.39 is 17.1 Å². The number of carbonyl (C=O) groups excluding carboxylic acids is 3. The Balaban J connectivity index is 1.70. The Morgan fingerprint density at radius 3 is 2.59 bits per heavy atom. The molecule has 2 aromatic carbocycles. The van der Waals surface area contributed by atoms with Gasteiger partial charge in [-0.15, -0.1) is 0 Å². The summed E-state index contributed by atoms with van der Waals surface area (Å²) in [5.41, 5.74) is 2.35. The van der Waals surface area contributed by atoms with E-state index in [0.717, 1.165) is 22.2 Å². The van der Waals surface area contributed by atoms with Gasteiger partial charge < -0.3 is 10.4 Å². The molecule has 8 heteroatoms. The predicted molar refractivity (Wildman–Crippen MR) is 113 cm³/mol. The fourth-order valence-electron chi connectivity index (χ4n) is 2.38. The Hall–Kier alpha value is -2.33. The maximum atomic E-state index is 12.5. The smallest absolute Gasteiger partial charge is 0.294 e. The molecule has 0 aliphatic carbocycles. The summed E-state index contributed by atoms with van der Waals surface area (Å²) >= 11 is 2.77. The van der Waals surface area contributed by atoms with E-state index in [2.05, 4.69) is 5.32 Å². The average molecular weight is 494 g/mol. The number of rotatable bonds is 4. The van der Waals surface area contributed by atoms with Crippen LogP contribution in [0, 0.1) is 10.5 Å². The van der Waals surface area contributed by atoms with Crippen LogP contribution in [0.4, 0.5) is 10.5 Å². The molecule has 0 aromatic heterocycles. The van der Waals surface area contributed by atoms with Gasteiger partial charge in [-0.1, -0.05) is 23.8 Å². The number of halogens is 1. The molecule has 0 atom stereocenters. The molecule has 0 radical (unpaired) electrons. The molecule has 3 amide bonds. The van der Waals surface area contributed by atoms with E-state index in [0.29, 0.717) is 14.8 Å². The van der Waals surface area contributed by atoms with Crippen LogP contribution in [-0.4, -0.2) is 33.6 Å². The number of imide groups is 1. The molecule has 1 fully saturated rings. The van der Waals surface area contributed by atoms with E-state index in [4.69, 9.17) is 0 Å². The molecule has 0 saturated carbocycles. The van der Waals surface area contributed by atoms with Gasteiger partial charge in [-0.05, 0) is 77.2 Å². The van der Waals surface area contributed by atoms with Crippen LogP contribution in [0.1, 0.15) is 11.1 Å². The van der Waals surface area contributed by atoms with Gasteiger partial charge in [-0.2, -0.15) is 0 Å². The van der Waals surface area contributed by atoms with Gasteiger partial charge in [0.1, 0.15) is 12.3 Å². The van der Waals surface area contributed by atoms with Crippen molar-refractivity contribution in [1.29, 1.82) is 0 Å². The van der Waals surface area contributed by atoms with E-state index in [1.54, 1.807) is 30.3 Å². The zero-order valence-electron chi connectivity index (χ0n) is 14.2. The molecular weight excluding hydrogens is 479 g/mol. The molecule has 1 heterocycles. The number of benzene rings is 2. The van der Waals surface area contributed by atoms with E-state index >= 15 is 0 Å². The third-order valence-corrected chi connectivity index (χ3v) is 5.55. The minimum Gasteiger partial charge on any atom is -0.507 e. The summed E-state index contributed by atoms with van der Waals surface area (Å²) in [6, 6.07) is 12.1. The van der Waals surface area contributed by atoms with Crippen molar-refractivity contribution in [1.82, 2.24) is 4.90 Å². The van der Waals surface area contributed by atoms with Crippen LogP contribution < -0.4 is 5.32 Å². The number of aromatic hydroxyl groups is 1. The largest absolute Gasteiger partial charge is 0.507 e. The molecular formula is C19H15IN2O4S. The molecule has 2 N–H and O–H groups in total. The fraction of sp³-hybridized carbons (Fsp3) is 0.105. The number of amides is 3. The number of anilines is 1. The first-order valence-electron chi connectivity index (χ1n) is 7.94. The van der Waals surface area contributed by atoms with Crippen LogP contribution in [-0.2, 0) is 9.59 Å². The molecule has 1 aliphatic heterocycles. The van der Waals surface area contributed by atoms with Crippen molar-refractivity contribution in [2.45, 2.75) is 6.92 Å². The first kappa shape index (κ1) is 19.4. The first-order valence-corrected chi connectivity index (χ1v) is 9.83. The third kappa shape index (κ3) is 4.69. The number of phenolic OH excluding ortho intramolecular Hbond substituents is 1. The minimum atomic E-state index is -0.507. The van der Waals surface area contributed by atoms with E-state index in [9.17, 15) is 19.5 Å². The second-order valence-corrected chi connectivity index (χ2v) is 8.05. The van der Waals surface area contributed by atoms with Crippen molar-refractivity contribution in [2.75, 3.05) is 11.9 Å². The summed E-state index contributed by atoms with van der Waals surface area (Å²) in [5.74, 6) is -0.803. The highest BCUT2D eigenvalue weighted by atomic mass is 127. The second-order valence-electron chi connectivity index (χ2n) is 5.89. The highest BCUT2D eigenvalue weighted by molar-refractivity contribution is 14.1. The van der Waals surface area contributed by atoms with Crippen LogP contribution in [0.5, 0.6) is 5.75 Å². The molecule has 6 nitrogen and oxygen atoms in total. The lowest BCUT2D eigenvalue weighted by atomic mass is 10.2. The number of thioether (sulfide) groups is 1. The number of carbonyl (C=O) groups is 3. The van der Waals surface area contributed by atoms with Crippen molar-refractivity contribution >= 4 is 63.2 Å². The number of nitrogens with zero attached hydrogens (tertiary/aromatic N) is 1. The zero-order valence-corrected chi connectivity index (χ0v) is 17.2. The van der Waals surface area contributed by atoms with Crippen LogP contribution >= 0.6 is 34.4 Å². The summed E-state index contributed by atoms with van der Waals surface area (Å²) in [6.45, 7) is 1.59. The molecule has 138 valence electrons. The van der Waals surface area contributed by atoms with Gasteiger partial charge in [0, 0.05) is 5.69 Å². The number of aryl methyl sites for hydroxylation is 1. The number of hydrogen-bond acceptors (Lipinski definition) is 5. The van der Waals surface area contributed by atoms with E-state index in [1.165, 1.54) is 6.07 Å². The molecule has 2 aromatic rings. The molecule has 1 aliphatic rings. The standard InChI is InChI=1S/C19H15IN2O4S/c1-11-2-5-13(6-3-11)21-17(24)10-22-18(25)16(27-19(22)26)9-12-4-7-15(23)14(20)8-12/h2-9,23H,10H2,1H3,(H,21,24). The van der Waals surface area contributed by atoms with Crippen LogP contribution in [0.2, 0.25) is 0 Å². The second kappa shape index (κ2) is 8.13. The molecule has 0 unspecified atom stereocenters. The van der Waals surface area contributed by atoms with Gasteiger partial charge >= 0.3 is 0 Å². The topological polar surface area (TPSA) is 86.7 Å². The first-order chi connectivity index (χ1) is 12.8. The number of hydrogen-bond donors (Lipinski definition) is 2. The van der Waals surface area contributed by atoms with E-state index in [1.807, 2.05) is 41.6 Å². The molecule has 1 saturated heterocycles. The van der Waals surface area contributed by atoms with Gasteiger partial charge in [-0.25, -0.2) is 0 Å². The average Bonchev–Trinajstić information content (AvgIpc) is 2.87. The lowest BCUT2D eigenvalue weighted by Gasteiger charge is -2.12. The molecule has 3 rings (SSSR count). The van der Waals surface area contributed by atoms with Gasteiger partial charge in [0.2, 0.25) is 5.91 Å². The van der Waals surface area contributed by atoms with Gasteiger partial charge in [0.15, 0.2) is 0 Å². The Morgan fingerprint density at radius 2 is 1.93 bits per heavy atom. The van der Waals surface area contributed by atoms with Crippen LogP contribution in [0.15, 0.2) is 47.4 Å². The summed E-state index contributed by atoms with van der Waals surface area (Å²) in [7, 11) is 0. The quantitative estimate of drug-likeness (QED) is 0.496. The summed E-state index contributed by atoms with van der Waals surface area (Å²) in [5, 5.41) is 11.8. The van der Waals surface area contributed by atoms with Crippen molar-refractivity contribution in [2.24, 2.45) is 0 Å². The Labute approximate surface area is 173 Å². The summed E-state index contributed by atoms with van der Waals surface area (Å²) in [4.78, 5) is 38.0. The van der Waals surface area contributed by atoms with Gasteiger partial charge in [-0.3, -0.25) is 19.3 Å². The number of nitrogens with one attached hydrogen (secondary N) is 1. The Kier molecular flexibility index (Phi) is 5.85. The summed E-state index contributed by atoms with van der Waals surface area (Å²) < 4.78 is 0.637. The van der Waals surface area contributed by atoms with Crippen molar-refractivity contribution in [3.05, 3.63) is 62.1 Å².